The maximum absolute atomic E-state index is 4.04. The third-order valence-corrected chi connectivity index (χ3v) is 1.72. The van der Waals surface area contributed by atoms with Crippen LogP contribution in [0.1, 0.15) is 0 Å². The SMILES string of the molecule is [c]1cccc(N2C=NC=CC2)c1. The van der Waals surface area contributed by atoms with Crippen molar-refractivity contribution in [2.24, 2.45) is 4.99 Å². The standard InChI is InChI=1S/C10H9N2/c1-2-5-10(6-3-1)12-8-4-7-11-9-12/h1-2,4-7,9H,8H2. The van der Waals surface area contributed by atoms with Gasteiger partial charge in [-0.1, -0.05) is 12.1 Å². The second kappa shape index (κ2) is 3.22. The van der Waals surface area contributed by atoms with Crippen LogP contribution in [0.3, 0.4) is 0 Å². The highest BCUT2D eigenvalue weighted by atomic mass is 15.2. The minimum atomic E-state index is 0.890. The van der Waals surface area contributed by atoms with Gasteiger partial charge in [-0.3, -0.25) is 0 Å². The minimum absolute atomic E-state index is 0.890. The van der Waals surface area contributed by atoms with Gasteiger partial charge in [-0.05, 0) is 24.3 Å². The summed E-state index contributed by atoms with van der Waals surface area (Å²) in [5, 5.41) is 0. The lowest BCUT2D eigenvalue weighted by Gasteiger charge is -2.18. The normalized spacial score (nSPS) is 15.2. The van der Waals surface area contributed by atoms with Crippen LogP contribution in [0.25, 0.3) is 0 Å². The Morgan fingerprint density at radius 3 is 3.17 bits per heavy atom. The van der Waals surface area contributed by atoms with Crippen molar-refractivity contribution in [2.45, 2.75) is 0 Å². The van der Waals surface area contributed by atoms with Crippen LogP contribution in [0.15, 0.2) is 41.5 Å². The first-order valence-corrected chi connectivity index (χ1v) is 3.88. The second-order valence-corrected chi connectivity index (χ2v) is 2.56. The van der Waals surface area contributed by atoms with E-state index in [4.69, 9.17) is 0 Å². The van der Waals surface area contributed by atoms with Crippen LogP contribution >= 0.6 is 0 Å². The van der Waals surface area contributed by atoms with Crippen molar-refractivity contribution in [3.8, 4) is 0 Å². The van der Waals surface area contributed by atoms with E-state index < -0.39 is 0 Å². The molecular weight excluding hydrogens is 148 g/mol. The summed E-state index contributed by atoms with van der Waals surface area (Å²) in [5.41, 5.74) is 1.13. The number of hydrogen-bond acceptors (Lipinski definition) is 2. The van der Waals surface area contributed by atoms with Gasteiger partial charge in [0, 0.05) is 18.4 Å². The number of aliphatic imine (C=N–C) groups is 1. The summed E-state index contributed by atoms with van der Waals surface area (Å²) >= 11 is 0. The number of nitrogens with zero attached hydrogens (tertiary/aromatic N) is 2. The molecule has 1 aromatic rings. The number of rotatable bonds is 1. The summed E-state index contributed by atoms with van der Waals surface area (Å²) in [7, 11) is 0. The van der Waals surface area contributed by atoms with Crippen molar-refractivity contribution in [1.29, 1.82) is 0 Å². The zero-order chi connectivity index (χ0) is 8.23. The summed E-state index contributed by atoms with van der Waals surface area (Å²) in [5.74, 6) is 0. The summed E-state index contributed by atoms with van der Waals surface area (Å²) in [4.78, 5) is 6.11. The molecule has 0 N–H and O–H groups in total. The molecule has 0 saturated heterocycles. The molecule has 0 saturated carbocycles. The molecule has 2 heteroatoms. The van der Waals surface area contributed by atoms with E-state index in [1.165, 1.54) is 0 Å². The van der Waals surface area contributed by atoms with Crippen LogP contribution in [0.2, 0.25) is 0 Å². The van der Waals surface area contributed by atoms with E-state index in [0.29, 0.717) is 0 Å². The van der Waals surface area contributed by atoms with Crippen molar-refractivity contribution >= 4 is 12.0 Å². The highest BCUT2D eigenvalue weighted by Gasteiger charge is 2.01. The molecule has 1 aliphatic rings. The molecule has 0 spiro atoms. The summed E-state index contributed by atoms with van der Waals surface area (Å²) in [6.45, 7) is 0.890. The lowest BCUT2D eigenvalue weighted by Crippen LogP contribution is -2.22. The first kappa shape index (κ1) is 7.10. The largest absolute Gasteiger partial charge is 0.329 e. The molecule has 0 amide bonds. The molecule has 0 fully saturated rings. The zero-order valence-corrected chi connectivity index (χ0v) is 6.64. The number of hydrogen-bond donors (Lipinski definition) is 0. The fourth-order valence-corrected chi connectivity index (χ4v) is 1.12. The van der Waals surface area contributed by atoms with Crippen molar-refractivity contribution in [3.63, 3.8) is 0 Å². The molecule has 12 heavy (non-hydrogen) atoms. The minimum Gasteiger partial charge on any atom is -0.329 e. The summed E-state index contributed by atoms with van der Waals surface area (Å²) in [6, 6.07) is 10.9. The lowest BCUT2D eigenvalue weighted by molar-refractivity contribution is 1.13. The monoisotopic (exact) mass is 157 g/mol. The molecule has 1 heterocycles. The van der Waals surface area contributed by atoms with Crippen molar-refractivity contribution < 1.29 is 0 Å². The van der Waals surface area contributed by atoms with Gasteiger partial charge in [0.25, 0.3) is 0 Å². The van der Waals surface area contributed by atoms with Gasteiger partial charge in [0.05, 0.1) is 6.34 Å². The fraction of sp³-hybridized carbons (Fsp3) is 0.100. The third kappa shape index (κ3) is 1.37. The average Bonchev–Trinajstić information content (AvgIpc) is 2.21. The summed E-state index contributed by atoms with van der Waals surface area (Å²) in [6.07, 6.45) is 5.65. The first-order valence-electron chi connectivity index (χ1n) is 3.88. The highest BCUT2D eigenvalue weighted by Crippen LogP contribution is 2.11. The Morgan fingerprint density at radius 1 is 1.50 bits per heavy atom. The molecule has 2 nitrogen and oxygen atoms in total. The van der Waals surface area contributed by atoms with E-state index in [1.54, 1.807) is 0 Å². The van der Waals surface area contributed by atoms with Gasteiger partial charge in [-0.15, -0.1) is 0 Å². The van der Waals surface area contributed by atoms with E-state index in [9.17, 15) is 0 Å². The molecule has 1 radical (unpaired) electrons. The molecule has 2 rings (SSSR count). The molecule has 0 aromatic heterocycles. The number of anilines is 1. The second-order valence-electron chi connectivity index (χ2n) is 2.56. The molecule has 0 unspecified atom stereocenters. The molecule has 0 atom stereocenters. The quantitative estimate of drug-likeness (QED) is 0.607. The fourth-order valence-electron chi connectivity index (χ4n) is 1.12. The lowest BCUT2D eigenvalue weighted by atomic mass is 10.3. The predicted octanol–water partition coefficient (Wildman–Crippen LogP) is 1.85. The van der Waals surface area contributed by atoms with E-state index >= 15 is 0 Å². The topological polar surface area (TPSA) is 15.6 Å². The molecule has 0 aliphatic carbocycles. The van der Waals surface area contributed by atoms with E-state index in [0.717, 1.165) is 12.2 Å². The van der Waals surface area contributed by atoms with Gasteiger partial charge in [-0.25, -0.2) is 4.99 Å². The Labute approximate surface area is 71.9 Å². The average molecular weight is 157 g/mol. The first-order chi connectivity index (χ1) is 5.97. The third-order valence-electron chi connectivity index (χ3n) is 1.72. The zero-order valence-electron chi connectivity index (χ0n) is 6.64. The van der Waals surface area contributed by atoms with Gasteiger partial charge >= 0.3 is 0 Å². The molecule has 1 aliphatic heterocycles. The van der Waals surface area contributed by atoms with Crippen LogP contribution in [0.4, 0.5) is 5.69 Å². The van der Waals surface area contributed by atoms with E-state index in [1.807, 2.05) is 42.9 Å². The Morgan fingerprint density at radius 2 is 2.50 bits per heavy atom. The Hall–Kier alpha value is -1.57. The molecule has 59 valence electrons. The summed E-state index contributed by atoms with van der Waals surface area (Å²) < 4.78 is 0. The van der Waals surface area contributed by atoms with Gasteiger partial charge in [-0.2, -0.15) is 0 Å². The van der Waals surface area contributed by atoms with Gasteiger partial charge < -0.3 is 4.90 Å². The van der Waals surface area contributed by atoms with Crippen molar-refractivity contribution in [2.75, 3.05) is 11.4 Å². The molecule has 1 aromatic carbocycles. The highest BCUT2D eigenvalue weighted by molar-refractivity contribution is 5.80. The van der Waals surface area contributed by atoms with Crippen molar-refractivity contribution in [3.05, 3.63) is 42.6 Å². The van der Waals surface area contributed by atoms with Gasteiger partial charge in [0.2, 0.25) is 0 Å². The maximum atomic E-state index is 4.04. The number of benzene rings is 1. The van der Waals surface area contributed by atoms with Crippen LogP contribution in [-0.4, -0.2) is 12.9 Å². The smallest absolute Gasteiger partial charge is 0.0952 e. The van der Waals surface area contributed by atoms with E-state index in [-0.39, 0.29) is 0 Å². The van der Waals surface area contributed by atoms with Crippen molar-refractivity contribution in [1.82, 2.24) is 0 Å². The van der Waals surface area contributed by atoms with Gasteiger partial charge in [0.1, 0.15) is 0 Å². The molecule has 0 bridgehead atoms. The maximum Gasteiger partial charge on any atom is 0.0952 e. The Bertz CT molecular complexity index is 301. The Kier molecular flexibility index (Phi) is 1.90. The van der Waals surface area contributed by atoms with Crippen LogP contribution in [0, 0.1) is 6.07 Å². The van der Waals surface area contributed by atoms with Crippen LogP contribution in [-0.2, 0) is 0 Å². The van der Waals surface area contributed by atoms with Crippen LogP contribution in [0.5, 0.6) is 0 Å². The Balaban J connectivity index is 2.21. The van der Waals surface area contributed by atoms with Gasteiger partial charge in [0.15, 0.2) is 0 Å². The van der Waals surface area contributed by atoms with Crippen LogP contribution < -0.4 is 4.90 Å². The molecular formula is C10H9N2. The van der Waals surface area contributed by atoms with E-state index in [2.05, 4.69) is 16.0 Å². The predicted molar refractivity (Wildman–Crippen MR) is 50.3 cm³/mol.